The van der Waals surface area contributed by atoms with Gasteiger partial charge in [0, 0.05) is 5.56 Å². The molecule has 1 N–H and O–H groups in total. The molecule has 1 aromatic rings. The van der Waals surface area contributed by atoms with E-state index in [4.69, 9.17) is 9.47 Å². The van der Waals surface area contributed by atoms with Gasteiger partial charge in [-0.25, -0.2) is 0 Å². The topological polar surface area (TPSA) is 47.6 Å². The molecule has 4 nitrogen and oxygen atoms in total. The van der Waals surface area contributed by atoms with Gasteiger partial charge in [0.2, 0.25) is 6.79 Å². The smallest absolute Gasteiger partial charge is 0.231 e. The highest BCUT2D eigenvalue weighted by molar-refractivity contribution is 5.98. The van der Waals surface area contributed by atoms with Crippen LogP contribution in [0.4, 0.5) is 0 Å². The van der Waals surface area contributed by atoms with Crippen LogP contribution >= 0.6 is 0 Å². The number of ether oxygens (including phenoxy) is 2. The van der Waals surface area contributed by atoms with E-state index in [2.05, 4.69) is 19.2 Å². The molecule has 20 heavy (non-hydrogen) atoms. The molecule has 0 spiro atoms. The summed E-state index contributed by atoms with van der Waals surface area (Å²) < 4.78 is 10.5. The van der Waals surface area contributed by atoms with Gasteiger partial charge in [0.05, 0.1) is 6.54 Å². The third-order valence-corrected chi connectivity index (χ3v) is 3.86. The fourth-order valence-corrected chi connectivity index (χ4v) is 2.38. The molecule has 2 rings (SSSR count). The number of ketones is 1. The van der Waals surface area contributed by atoms with Crippen molar-refractivity contribution in [3.63, 3.8) is 0 Å². The largest absolute Gasteiger partial charge is 0.454 e. The Bertz CT molecular complexity index is 455. The van der Waals surface area contributed by atoms with Gasteiger partial charge in [-0.15, -0.1) is 0 Å². The first-order valence-electron chi connectivity index (χ1n) is 7.38. The molecule has 0 unspecified atom stereocenters. The number of hydrogen-bond donors (Lipinski definition) is 1. The molecule has 0 atom stereocenters. The van der Waals surface area contributed by atoms with Gasteiger partial charge in [-0.1, -0.05) is 26.7 Å². The summed E-state index contributed by atoms with van der Waals surface area (Å²) in [5, 5.41) is 3.23. The Labute approximate surface area is 120 Å². The number of Topliss-reactive ketones (excluding diaryl/α,β-unsaturated/α-hetero) is 1. The second-order valence-corrected chi connectivity index (χ2v) is 5.14. The van der Waals surface area contributed by atoms with Gasteiger partial charge in [-0.3, -0.25) is 4.79 Å². The Morgan fingerprint density at radius 2 is 2.00 bits per heavy atom. The quantitative estimate of drug-likeness (QED) is 0.586. The van der Waals surface area contributed by atoms with Crippen LogP contribution in [0.1, 0.15) is 43.5 Å². The van der Waals surface area contributed by atoms with Crippen LogP contribution in [-0.4, -0.2) is 25.7 Å². The second kappa shape index (κ2) is 7.29. The molecule has 1 aliphatic heterocycles. The fourth-order valence-electron chi connectivity index (χ4n) is 2.38. The third-order valence-electron chi connectivity index (χ3n) is 3.86. The average molecular weight is 277 g/mol. The van der Waals surface area contributed by atoms with Crippen molar-refractivity contribution in [1.29, 1.82) is 0 Å². The van der Waals surface area contributed by atoms with Crippen LogP contribution in [0, 0.1) is 5.92 Å². The van der Waals surface area contributed by atoms with Crippen LogP contribution < -0.4 is 14.8 Å². The highest BCUT2D eigenvalue weighted by Gasteiger charge is 2.15. The van der Waals surface area contributed by atoms with Gasteiger partial charge < -0.3 is 14.8 Å². The number of rotatable bonds is 8. The van der Waals surface area contributed by atoms with Crippen LogP contribution in [0.3, 0.4) is 0 Å². The maximum Gasteiger partial charge on any atom is 0.231 e. The van der Waals surface area contributed by atoms with E-state index in [1.807, 2.05) is 0 Å². The maximum atomic E-state index is 12.1. The van der Waals surface area contributed by atoms with Crippen molar-refractivity contribution in [2.24, 2.45) is 5.92 Å². The summed E-state index contributed by atoms with van der Waals surface area (Å²) in [5.41, 5.74) is 0.671. The molecule has 0 radical (unpaired) electrons. The van der Waals surface area contributed by atoms with Gasteiger partial charge >= 0.3 is 0 Å². The molecule has 1 aromatic carbocycles. The van der Waals surface area contributed by atoms with Crippen LogP contribution in [0.5, 0.6) is 11.5 Å². The fraction of sp³-hybridized carbons (Fsp3) is 0.562. The van der Waals surface area contributed by atoms with Gasteiger partial charge in [0.25, 0.3) is 0 Å². The van der Waals surface area contributed by atoms with Crippen molar-refractivity contribution in [1.82, 2.24) is 5.32 Å². The van der Waals surface area contributed by atoms with Crippen LogP contribution in [0.2, 0.25) is 0 Å². The summed E-state index contributed by atoms with van der Waals surface area (Å²) in [4.78, 5) is 12.1. The monoisotopic (exact) mass is 277 g/mol. The SMILES string of the molecule is CCC(CC)CCNCC(=O)c1ccc2c(c1)OCO2. The van der Waals surface area contributed by atoms with E-state index in [0.29, 0.717) is 23.6 Å². The third kappa shape index (κ3) is 3.73. The first kappa shape index (κ1) is 14.9. The zero-order chi connectivity index (χ0) is 14.4. The van der Waals surface area contributed by atoms with Crippen molar-refractivity contribution in [3.05, 3.63) is 23.8 Å². The molecule has 0 amide bonds. The van der Waals surface area contributed by atoms with E-state index in [9.17, 15) is 4.79 Å². The Morgan fingerprint density at radius 1 is 1.25 bits per heavy atom. The molecular weight excluding hydrogens is 254 g/mol. The van der Waals surface area contributed by atoms with Crippen LogP contribution in [0.15, 0.2) is 18.2 Å². The molecule has 0 saturated carbocycles. The summed E-state index contributed by atoms with van der Waals surface area (Å²) in [6, 6.07) is 5.34. The maximum absolute atomic E-state index is 12.1. The van der Waals surface area contributed by atoms with E-state index in [1.165, 1.54) is 12.8 Å². The first-order chi connectivity index (χ1) is 9.74. The number of nitrogens with one attached hydrogen (secondary N) is 1. The average Bonchev–Trinajstić information content (AvgIpc) is 2.94. The molecule has 0 aliphatic carbocycles. The highest BCUT2D eigenvalue weighted by Crippen LogP contribution is 2.32. The van der Waals surface area contributed by atoms with E-state index in [1.54, 1.807) is 18.2 Å². The van der Waals surface area contributed by atoms with E-state index in [-0.39, 0.29) is 12.6 Å². The molecular formula is C16H23NO3. The Hall–Kier alpha value is -1.55. The van der Waals surface area contributed by atoms with Crippen LogP contribution in [0.25, 0.3) is 0 Å². The van der Waals surface area contributed by atoms with E-state index < -0.39 is 0 Å². The standard InChI is InChI=1S/C16H23NO3/c1-3-12(4-2)7-8-17-10-14(18)13-5-6-15-16(9-13)20-11-19-15/h5-6,9,12,17H,3-4,7-8,10-11H2,1-2H3. The lowest BCUT2D eigenvalue weighted by molar-refractivity contribution is 0.0990. The first-order valence-corrected chi connectivity index (χ1v) is 7.38. The van der Waals surface area contributed by atoms with Crippen molar-refractivity contribution in [3.8, 4) is 11.5 Å². The Morgan fingerprint density at radius 3 is 2.75 bits per heavy atom. The minimum atomic E-state index is 0.0906. The predicted molar refractivity (Wildman–Crippen MR) is 78.5 cm³/mol. The Balaban J connectivity index is 1.77. The summed E-state index contributed by atoms with van der Waals surface area (Å²) in [5.74, 6) is 2.21. The zero-order valence-corrected chi connectivity index (χ0v) is 12.3. The number of fused-ring (bicyclic) bond motifs is 1. The molecule has 0 saturated heterocycles. The molecule has 0 bridgehead atoms. The lowest BCUT2D eigenvalue weighted by Crippen LogP contribution is -2.25. The van der Waals surface area contributed by atoms with Crippen molar-refractivity contribution in [2.45, 2.75) is 33.1 Å². The van der Waals surface area contributed by atoms with Crippen molar-refractivity contribution >= 4 is 5.78 Å². The summed E-state index contributed by atoms with van der Waals surface area (Å²) >= 11 is 0. The minimum absolute atomic E-state index is 0.0906. The molecule has 4 heteroatoms. The number of benzene rings is 1. The predicted octanol–water partition coefficient (Wildman–Crippen LogP) is 3.01. The molecule has 0 aromatic heterocycles. The lowest BCUT2D eigenvalue weighted by atomic mass is 10.00. The van der Waals surface area contributed by atoms with Gasteiger partial charge in [0.1, 0.15) is 0 Å². The van der Waals surface area contributed by atoms with Crippen molar-refractivity contribution in [2.75, 3.05) is 19.9 Å². The number of hydrogen-bond acceptors (Lipinski definition) is 4. The second-order valence-electron chi connectivity index (χ2n) is 5.14. The van der Waals surface area contributed by atoms with Gasteiger partial charge in [-0.05, 0) is 37.1 Å². The van der Waals surface area contributed by atoms with Crippen molar-refractivity contribution < 1.29 is 14.3 Å². The molecule has 110 valence electrons. The molecule has 1 aliphatic rings. The molecule has 0 fully saturated rings. The van der Waals surface area contributed by atoms with Gasteiger partial charge in [0.15, 0.2) is 17.3 Å². The van der Waals surface area contributed by atoms with E-state index in [0.717, 1.165) is 18.9 Å². The Kier molecular flexibility index (Phi) is 5.41. The number of carbonyl (C=O) groups is 1. The van der Waals surface area contributed by atoms with Gasteiger partial charge in [-0.2, -0.15) is 0 Å². The minimum Gasteiger partial charge on any atom is -0.454 e. The zero-order valence-electron chi connectivity index (χ0n) is 12.3. The van der Waals surface area contributed by atoms with E-state index >= 15 is 0 Å². The lowest BCUT2D eigenvalue weighted by Gasteiger charge is -2.12. The summed E-state index contributed by atoms with van der Waals surface area (Å²) in [7, 11) is 0. The summed E-state index contributed by atoms with van der Waals surface area (Å²) in [6.45, 7) is 5.93. The highest BCUT2D eigenvalue weighted by atomic mass is 16.7. The number of carbonyl (C=O) groups excluding carboxylic acids is 1. The summed E-state index contributed by atoms with van der Waals surface area (Å²) in [6.07, 6.45) is 3.53. The molecule has 1 heterocycles. The normalized spacial score (nSPS) is 12.9. The van der Waals surface area contributed by atoms with Crippen LogP contribution in [-0.2, 0) is 0 Å².